The van der Waals surface area contributed by atoms with Gasteiger partial charge in [-0.1, -0.05) is 37.3 Å². The molecule has 2 rings (SSSR count). The number of halogens is 1. The minimum Gasteiger partial charge on any atom is -0.339 e. The number of benzene rings is 2. The molecule has 106 valence electrons. The Morgan fingerprint density at radius 2 is 1.75 bits per heavy atom. The minimum atomic E-state index is -0.175. The number of hydrogen-bond acceptors (Lipinski definition) is 2. The second kappa shape index (κ2) is 7.06. The minimum absolute atomic E-state index is 0.175. The number of nitrogens with one attached hydrogen (secondary N) is 1. The Labute approximate surface area is 120 Å². The van der Waals surface area contributed by atoms with Crippen LogP contribution in [0.4, 0.5) is 15.8 Å². The summed E-state index contributed by atoms with van der Waals surface area (Å²) in [6.45, 7) is 6.36. The van der Waals surface area contributed by atoms with Crippen molar-refractivity contribution in [2.24, 2.45) is 0 Å². The number of rotatable bonds is 6. The van der Waals surface area contributed by atoms with Crippen LogP contribution in [0.3, 0.4) is 0 Å². The third kappa shape index (κ3) is 3.17. The van der Waals surface area contributed by atoms with Gasteiger partial charge in [-0.05, 0) is 37.2 Å². The van der Waals surface area contributed by atoms with Crippen LogP contribution in [0.25, 0.3) is 0 Å². The molecule has 0 saturated carbocycles. The maximum absolute atomic E-state index is 14.3. The average Bonchev–Trinajstić information content (AvgIpc) is 2.49. The highest BCUT2D eigenvalue weighted by atomic mass is 19.1. The topological polar surface area (TPSA) is 15.3 Å². The van der Waals surface area contributed by atoms with Gasteiger partial charge in [0.25, 0.3) is 0 Å². The summed E-state index contributed by atoms with van der Waals surface area (Å²) in [5, 5.41) is 3.27. The van der Waals surface area contributed by atoms with Crippen LogP contribution in [-0.2, 0) is 6.54 Å². The fourth-order valence-corrected chi connectivity index (χ4v) is 2.34. The lowest BCUT2D eigenvalue weighted by Crippen LogP contribution is -2.21. The molecular weight excluding hydrogens is 251 g/mol. The highest BCUT2D eigenvalue weighted by Gasteiger charge is 2.15. The fourth-order valence-electron chi connectivity index (χ4n) is 2.34. The quantitative estimate of drug-likeness (QED) is 0.852. The molecule has 0 heterocycles. The van der Waals surface area contributed by atoms with Crippen LogP contribution in [0.2, 0.25) is 0 Å². The molecular formula is C17H21FN2. The van der Waals surface area contributed by atoms with Gasteiger partial charge >= 0.3 is 0 Å². The lowest BCUT2D eigenvalue weighted by molar-refractivity contribution is 0.619. The molecule has 0 amide bonds. The van der Waals surface area contributed by atoms with E-state index in [9.17, 15) is 4.39 Å². The first-order chi connectivity index (χ1) is 9.77. The molecule has 1 N–H and O–H groups in total. The number of hydrogen-bond donors (Lipinski definition) is 1. The van der Waals surface area contributed by atoms with Crippen LogP contribution >= 0.6 is 0 Å². The molecule has 0 unspecified atom stereocenters. The second-order valence-electron chi connectivity index (χ2n) is 4.61. The summed E-state index contributed by atoms with van der Waals surface area (Å²) in [6.07, 6.45) is 0. The zero-order chi connectivity index (χ0) is 14.4. The fraction of sp³-hybridized carbons (Fsp3) is 0.294. The van der Waals surface area contributed by atoms with Crippen LogP contribution in [0.5, 0.6) is 0 Å². The summed E-state index contributed by atoms with van der Waals surface area (Å²) < 4.78 is 14.3. The number of nitrogens with zero attached hydrogens (tertiary/aromatic N) is 1. The standard InChI is InChI=1S/C17H21FN2/c1-3-19-13-14-9-8-12-16(18)17(14)20(4-2)15-10-6-5-7-11-15/h5-12,19H,3-4,13H2,1-2H3. The van der Waals surface area contributed by atoms with E-state index in [0.29, 0.717) is 12.2 Å². The predicted octanol–water partition coefficient (Wildman–Crippen LogP) is 4.09. The van der Waals surface area contributed by atoms with Gasteiger partial charge in [-0.25, -0.2) is 4.39 Å². The van der Waals surface area contributed by atoms with Crippen molar-refractivity contribution in [1.29, 1.82) is 0 Å². The van der Waals surface area contributed by atoms with Crippen molar-refractivity contribution in [2.75, 3.05) is 18.0 Å². The van der Waals surface area contributed by atoms with Crippen molar-refractivity contribution in [3.05, 3.63) is 59.9 Å². The Balaban J connectivity index is 2.43. The molecule has 2 nitrogen and oxygen atoms in total. The SMILES string of the molecule is CCNCc1cccc(F)c1N(CC)c1ccccc1. The molecule has 0 atom stereocenters. The van der Waals surface area contributed by atoms with E-state index in [-0.39, 0.29) is 5.82 Å². The van der Waals surface area contributed by atoms with Gasteiger partial charge in [0.1, 0.15) is 5.82 Å². The summed E-state index contributed by atoms with van der Waals surface area (Å²) in [6, 6.07) is 15.2. The van der Waals surface area contributed by atoms with Crippen LogP contribution in [0.15, 0.2) is 48.5 Å². The smallest absolute Gasteiger partial charge is 0.147 e. The molecule has 0 saturated heterocycles. The van der Waals surface area contributed by atoms with E-state index in [1.807, 2.05) is 55.1 Å². The van der Waals surface area contributed by atoms with E-state index in [1.165, 1.54) is 6.07 Å². The van der Waals surface area contributed by atoms with E-state index in [2.05, 4.69) is 5.32 Å². The third-order valence-electron chi connectivity index (χ3n) is 3.29. The van der Waals surface area contributed by atoms with Crippen LogP contribution in [0, 0.1) is 5.82 Å². The van der Waals surface area contributed by atoms with Crippen molar-refractivity contribution in [3.63, 3.8) is 0 Å². The third-order valence-corrected chi connectivity index (χ3v) is 3.29. The van der Waals surface area contributed by atoms with Crippen molar-refractivity contribution in [1.82, 2.24) is 5.32 Å². The normalized spacial score (nSPS) is 10.6. The highest BCUT2D eigenvalue weighted by molar-refractivity contribution is 5.67. The maximum Gasteiger partial charge on any atom is 0.147 e. The van der Waals surface area contributed by atoms with Crippen LogP contribution in [0.1, 0.15) is 19.4 Å². The lowest BCUT2D eigenvalue weighted by Gasteiger charge is -2.26. The van der Waals surface area contributed by atoms with Gasteiger partial charge in [0.15, 0.2) is 0 Å². The summed E-state index contributed by atoms with van der Waals surface area (Å²) in [5.41, 5.74) is 2.66. The summed E-state index contributed by atoms with van der Waals surface area (Å²) >= 11 is 0. The first kappa shape index (κ1) is 14.5. The Morgan fingerprint density at radius 1 is 1.00 bits per heavy atom. The van der Waals surface area contributed by atoms with Gasteiger partial charge in [0.05, 0.1) is 5.69 Å². The van der Waals surface area contributed by atoms with Crippen molar-refractivity contribution in [3.8, 4) is 0 Å². The lowest BCUT2D eigenvalue weighted by atomic mass is 10.1. The van der Waals surface area contributed by atoms with Gasteiger partial charge in [-0.3, -0.25) is 0 Å². The molecule has 0 aliphatic carbocycles. The van der Waals surface area contributed by atoms with Crippen molar-refractivity contribution < 1.29 is 4.39 Å². The largest absolute Gasteiger partial charge is 0.339 e. The Morgan fingerprint density at radius 3 is 2.40 bits per heavy atom. The van der Waals surface area contributed by atoms with Gasteiger partial charge in [0, 0.05) is 18.8 Å². The molecule has 0 radical (unpaired) electrons. The molecule has 2 aromatic rings. The van der Waals surface area contributed by atoms with Crippen LogP contribution < -0.4 is 10.2 Å². The predicted molar refractivity (Wildman–Crippen MR) is 82.9 cm³/mol. The second-order valence-corrected chi connectivity index (χ2v) is 4.61. The van der Waals surface area contributed by atoms with Gasteiger partial charge in [0.2, 0.25) is 0 Å². The molecule has 0 aliphatic heterocycles. The number of anilines is 2. The summed E-state index contributed by atoms with van der Waals surface area (Å²) in [7, 11) is 0. The maximum atomic E-state index is 14.3. The van der Waals surface area contributed by atoms with E-state index in [4.69, 9.17) is 0 Å². The monoisotopic (exact) mass is 272 g/mol. The molecule has 0 fully saturated rings. The van der Waals surface area contributed by atoms with Crippen LogP contribution in [-0.4, -0.2) is 13.1 Å². The molecule has 0 bridgehead atoms. The van der Waals surface area contributed by atoms with Gasteiger partial charge in [-0.15, -0.1) is 0 Å². The van der Waals surface area contributed by atoms with Gasteiger partial charge in [-0.2, -0.15) is 0 Å². The number of para-hydroxylation sites is 2. The van der Waals surface area contributed by atoms with E-state index < -0.39 is 0 Å². The van der Waals surface area contributed by atoms with Crippen molar-refractivity contribution in [2.45, 2.75) is 20.4 Å². The van der Waals surface area contributed by atoms with Gasteiger partial charge < -0.3 is 10.2 Å². The first-order valence-electron chi connectivity index (χ1n) is 7.08. The summed E-state index contributed by atoms with van der Waals surface area (Å²) in [4.78, 5) is 2.02. The van der Waals surface area contributed by atoms with E-state index in [0.717, 1.165) is 24.3 Å². The average molecular weight is 272 g/mol. The molecule has 2 aromatic carbocycles. The Hall–Kier alpha value is -1.87. The van der Waals surface area contributed by atoms with E-state index in [1.54, 1.807) is 6.07 Å². The zero-order valence-electron chi connectivity index (χ0n) is 12.1. The molecule has 0 aliphatic rings. The molecule has 3 heteroatoms. The molecule has 0 spiro atoms. The highest BCUT2D eigenvalue weighted by Crippen LogP contribution is 2.30. The molecule has 20 heavy (non-hydrogen) atoms. The Kier molecular flexibility index (Phi) is 5.13. The van der Waals surface area contributed by atoms with Crippen molar-refractivity contribution >= 4 is 11.4 Å². The zero-order valence-corrected chi connectivity index (χ0v) is 12.1. The van der Waals surface area contributed by atoms with E-state index >= 15 is 0 Å². The molecule has 0 aromatic heterocycles. The summed E-state index contributed by atoms with van der Waals surface area (Å²) in [5.74, 6) is -0.175. The Bertz CT molecular complexity index is 540. The first-order valence-corrected chi connectivity index (χ1v) is 7.08.